The standard InChI is InChI=1S/C23H18O5/c24-23-15-4-1-3-14(15)16-10-17-18(12-27-20(17)11-21(16)28-23)13-5-6-19-22(9-13)26-8-2-7-25-19/h5-6,9-12H,1-4,7-8H2. The second kappa shape index (κ2) is 5.89. The van der Waals surface area contributed by atoms with Gasteiger partial charge in [0, 0.05) is 34.4 Å². The minimum Gasteiger partial charge on any atom is -0.490 e. The van der Waals surface area contributed by atoms with Gasteiger partial charge in [-0.2, -0.15) is 0 Å². The van der Waals surface area contributed by atoms with E-state index in [-0.39, 0.29) is 5.63 Å². The smallest absolute Gasteiger partial charge is 0.339 e. The van der Waals surface area contributed by atoms with Crippen LogP contribution in [0.3, 0.4) is 0 Å². The first-order valence-corrected chi connectivity index (χ1v) is 9.68. The zero-order valence-electron chi connectivity index (χ0n) is 15.2. The van der Waals surface area contributed by atoms with E-state index >= 15 is 0 Å². The number of aryl methyl sites for hydroxylation is 1. The molecule has 0 fully saturated rings. The number of ether oxygens (including phenoxy) is 2. The van der Waals surface area contributed by atoms with Crippen LogP contribution in [-0.4, -0.2) is 13.2 Å². The van der Waals surface area contributed by atoms with Crippen LogP contribution in [0.5, 0.6) is 11.5 Å². The van der Waals surface area contributed by atoms with Crippen molar-refractivity contribution in [3.05, 3.63) is 58.1 Å². The Morgan fingerprint density at radius 3 is 2.57 bits per heavy atom. The first-order valence-electron chi connectivity index (χ1n) is 9.68. The van der Waals surface area contributed by atoms with Crippen molar-refractivity contribution in [3.63, 3.8) is 0 Å². The molecule has 5 nitrogen and oxygen atoms in total. The molecule has 2 aliphatic rings. The zero-order chi connectivity index (χ0) is 18.7. The molecule has 0 spiro atoms. The molecule has 0 N–H and O–H groups in total. The van der Waals surface area contributed by atoms with E-state index in [4.69, 9.17) is 18.3 Å². The minimum atomic E-state index is -0.214. The Kier molecular flexibility index (Phi) is 3.33. The summed E-state index contributed by atoms with van der Waals surface area (Å²) in [6.07, 6.45) is 5.34. The van der Waals surface area contributed by atoms with Crippen molar-refractivity contribution >= 4 is 21.9 Å². The van der Waals surface area contributed by atoms with Gasteiger partial charge < -0.3 is 18.3 Å². The maximum absolute atomic E-state index is 12.2. The second-order valence-electron chi connectivity index (χ2n) is 7.41. The molecule has 0 atom stereocenters. The topological polar surface area (TPSA) is 61.8 Å². The molecule has 0 unspecified atom stereocenters. The number of benzene rings is 2. The van der Waals surface area contributed by atoms with Crippen molar-refractivity contribution in [2.75, 3.05) is 13.2 Å². The van der Waals surface area contributed by atoms with Crippen molar-refractivity contribution in [2.24, 2.45) is 0 Å². The van der Waals surface area contributed by atoms with Gasteiger partial charge >= 0.3 is 5.63 Å². The van der Waals surface area contributed by atoms with Crippen molar-refractivity contribution in [1.29, 1.82) is 0 Å². The summed E-state index contributed by atoms with van der Waals surface area (Å²) in [5.41, 5.74) is 5.04. The van der Waals surface area contributed by atoms with Crippen LogP contribution in [0.2, 0.25) is 0 Å². The maximum Gasteiger partial charge on any atom is 0.339 e. The molecule has 0 bridgehead atoms. The van der Waals surface area contributed by atoms with Crippen LogP contribution in [0.1, 0.15) is 24.0 Å². The number of furan rings is 1. The molecule has 28 heavy (non-hydrogen) atoms. The van der Waals surface area contributed by atoms with Gasteiger partial charge in [-0.1, -0.05) is 6.07 Å². The highest BCUT2D eigenvalue weighted by molar-refractivity contribution is 6.02. The summed E-state index contributed by atoms with van der Waals surface area (Å²) in [5.74, 6) is 1.54. The summed E-state index contributed by atoms with van der Waals surface area (Å²) in [4.78, 5) is 12.2. The van der Waals surface area contributed by atoms with Crippen LogP contribution in [0.25, 0.3) is 33.1 Å². The Labute approximate surface area is 160 Å². The van der Waals surface area contributed by atoms with E-state index in [0.29, 0.717) is 24.4 Å². The quantitative estimate of drug-likeness (QED) is 0.446. The van der Waals surface area contributed by atoms with E-state index in [1.807, 2.05) is 24.3 Å². The molecule has 4 aromatic rings. The highest BCUT2D eigenvalue weighted by atomic mass is 16.5. The molecular formula is C23H18O5. The fourth-order valence-corrected chi connectivity index (χ4v) is 4.36. The van der Waals surface area contributed by atoms with Crippen LogP contribution >= 0.6 is 0 Å². The number of hydrogen-bond acceptors (Lipinski definition) is 5. The van der Waals surface area contributed by atoms with E-state index in [1.165, 1.54) is 0 Å². The van der Waals surface area contributed by atoms with Crippen molar-refractivity contribution in [3.8, 4) is 22.6 Å². The molecule has 0 amide bonds. The lowest BCUT2D eigenvalue weighted by Gasteiger charge is -2.09. The van der Waals surface area contributed by atoms with E-state index in [9.17, 15) is 4.79 Å². The summed E-state index contributed by atoms with van der Waals surface area (Å²) in [6, 6.07) is 9.91. The average molecular weight is 374 g/mol. The van der Waals surface area contributed by atoms with Crippen molar-refractivity contribution in [2.45, 2.75) is 25.7 Å². The summed E-state index contributed by atoms with van der Waals surface area (Å²) in [6.45, 7) is 1.32. The van der Waals surface area contributed by atoms with Crippen molar-refractivity contribution < 1.29 is 18.3 Å². The summed E-state index contributed by atoms with van der Waals surface area (Å²) >= 11 is 0. The fraction of sp³-hybridized carbons (Fsp3) is 0.261. The predicted octanol–water partition coefficient (Wildman–Crippen LogP) is 4.86. The molecule has 6 rings (SSSR count). The molecule has 2 aromatic carbocycles. The number of rotatable bonds is 1. The molecule has 2 aromatic heterocycles. The lowest BCUT2D eigenvalue weighted by Crippen LogP contribution is -2.06. The van der Waals surface area contributed by atoms with E-state index in [1.54, 1.807) is 6.26 Å². The van der Waals surface area contributed by atoms with Crippen LogP contribution in [0.15, 0.2) is 50.2 Å². The molecule has 140 valence electrons. The highest BCUT2D eigenvalue weighted by Crippen LogP contribution is 2.39. The maximum atomic E-state index is 12.2. The van der Waals surface area contributed by atoms with Gasteiger partial charge in [0.05, 0.1) is 19.5 Å². The van der Waals surface area contributed by atoms with Gasteiger partial charge in [-0.25, -0.2) is 4.79 Å². The molecule has 1 aliphatic heterocycles. The molecule has 3 heterocycles. The van der Waals surface area contributed by atoms with Gasteiger partial charge in [0.1, 0.15) is 11.2 Å². The fourth-order valence-electron chi connectivity index (χ4n) is 4.36. The van der Waals surface area contributed by atoms with Crippen LogP contribution in [0.4, 0.5) is 0 Å². The summed E-state index contributed by atoms with van der Waals surface area (Å²) < 4.78 is 22.9. The zero-order valence-corrected chi connectivity index (χ0v) is 15.2. The molecule has 0 radical (unpaired) electrons. The highest BCUT2D eigenvalue weighted by Gasteiger charge is 2.21. The Morgan fingerprint density at radius 2 is 1.64 bits per heavy atom. The average Bonchev–Trinajstić information content (AvgIpc) is 3.28. The number of hydrogen-bond donors (Lipinski definition) is 0. The third-order valence-corrected chi connectivity index (χ3v) is 5.73. The van der Waals surface area contributed by atoms with E-state index in [2.05, 4.69) is 6.07 Å². The Morgan fingerprint density at radius 1 is 0.786 bits per heavy atom. The molecule has 5 heteroatoms. The predicted molar refractivity (Wildman–Crippen MR) is 105 cm³/mol. The lowest BCUT2D eigenvalue weighted by atomic mass is 10.0. The van der Waals surface area contributed by atoms with Gasteiger partial charge in [0.25, 0.3) is 0 Å². The Bertz CT molecular complexity index is 1290. The largest absolute Gasteiger partial charge is 0.490 e. The minimum absolute atomic E-state index is 0.214. The summed E-state index contributed by atoms with van der Waals surface area (Å²) in [7, 11) is 0. The van der Waals surface area contributed by atoms with Crippen molar-refractivity contribution in [1.82, 2.24) is 0 Å². The Balaban J connectivity index is 1.57. The third kappa shape index (κ3) is 2.29. The van der Waals surface area contributed by atoms with Gasteiger partial charge in [-0.05, 0) is 48.6 Å². The monoisotopic (exact) mass is 374 g/mol. The number of fused-ring (bicyclic) bond motifs is 5. The van der Waals surface area contributed by atoms with E-state index in [0.717, 1.165) is 70.2 Å². The van der Waals surface area contributed by atoms with Crippen LogP contribution in [-0.2, 0) is 12.8 Å². The first-order chi connectivity index (χ1) is 13.8. The SMILES string of the molecule is O=c1oc2cc3occ(-c4ccc5c(c4)OCCCO5)c3cc2c2c1CCC2. The van der Waals surface area contributed by atoms with Gasteiger partial charge in [0.15, 0.2) is 11.5 Å². The molecule has 1 aliphatic carbocycles. The van der Waals surface area contributed by atoms with Crippen LogP contribution in [0, 0.1) is 0 Å². The van der Waals surface area contributed by atoms with Gasteiger partial charge in [-0.3, -0.25) is 0 Å². The molecular weight excluding hydrogens is 356 g/mol. The normalized spacial score (nSPS) is 15.7. The first kappa shape index (κ1) is 15.8. The second-order valence-corrected chi connectivity index (χ2v) is 7.41. The lowest BCUT2D eigenvalue weighted by molar-refractivity contribution is 0.297. The molecule has 0 saturated heterocycles. The molecule has 0 saturated carbocycles. The third-order valence-electron chi connectivity index (χ3n) is 5.73. The van der Waals surface area contributed by atoms with Gasteiger partial charge in [0.2, 0.25) is 0 Å². The van der Waals surface area contributed by atoms with Gasteiger partial charge in [-0.15, -0.1) is 0 Å². The van der Waals surface area contributed by atoms with E-state index < -0.39 is 0 Å². The summed E-state index contributed by atoms with van der Waals surface area (Å²) in [5, 5.41) is 2.02. The Hall–Kier alpha value is -3.21. The van der Waals surface area contributed by atoms with Crippen LogP contribution < -0.4 is 15.1 Å².